The van der Waals surface area contributed by atoms with Gasteiger partial charge in [-0.3, -0.25) is 4.79 Å². The van der Waals surface area contributed by atoms with Crippen LogP contribution in [0, 0.1) is 0 Å². The molecule has 21 heavy (non-hydrogen) atoms. The van der Waals surface area contributed by atoms with Crippen molar-refractivity contribution in [1.29, 1.82) is 0 Å². The highest BCUT2D eigenvalue weighted by atomic mass is 35.5. The van der Waals surface area contributed by atoms with Gasteiger partial charge < -0.3 is 4.90 Å². The summed E-state index contributed by atoms with van der Waals surface area (Å²) >= 11 is 7.50. The Labute approximate surface area is 135 Å². The van der Waals surface area contributed by atoms with E-state index in [9.17, 15) is 4.79 Å². The molecule has 0 saturated heterocycles. The minimum Gasteiger partial charge on any atom is -0.341 e. The van der Waals surface area contributed by atoms with Crippen LogP contribution in [0.5, 0.6) is 0 Å². The van der Waals surface area contributed by atoms with Crippen molar-refractivity contribution in [1.82, 2.24) is 4.90 Å². The number of hydrogen-bond donors (Lipinski definition) is 0. The van der Waals surface area contributed by atoms with Gasteiger partial charge in [0, 0.05) is 24.4 Å². The fraction of sp³-hybridized carbons (Fsp3) is 0.235. The van der Waals surface area contributed by atoms with E-state index >= 15 is 0 Å². The molecule has 0 spiro atoms. The van der Waals surface area contributed by atoms with Crippen LogP contribution in [0.2, 0.25) is 5.02 Å². The molecular formula is C17H18ClNOS. The third kappa shape index (κ3) is 5.44. The smallest absolute Gasteiger partial charge is 0.232 e. The van der Waals surface area contributed by atoms with E-state index in [0.29, 0.717) is 17.3 Å². The molecule has 0 aromatic heterocycles. The second kappa shape index (κ2) is 8.11. The lowest BCUT2D eigenvalue weighted by molar-refractivity contribution is -0.127. The molecule has 2 aromatic rings. The second-order valence-electron chi connectivity index (χ2n) is 4.85. The molecule has 110 valence electrons. The molecule has 0 aliphatic heterocycles. The number of thioether (sulfide) groups is 1. The van der Waals surface area contributed by atoms with Crippen LogP contribution in [0.1, 0.15) is 11.1 Å². The molecule has 0 heterocycles. The maximum atomic E-state index is 12.1. The van der Waals surface area contributed by atoms with Gasteiger partial charge in [-0.2, -0.15) is 0 Å². The Morgan fingerprint density at radius 2 is 1.71 bits per heavy atom. The third-order valence-corrected chi connectivity index (χ3v) is 4.34. The predicted molar refractivity (Wildman–Crippen MR) is 90.5 cm³/mol. The average Bonchev–Trinajstić information content (AvgIpc) is 2.50. The number of hydrogen-bond acceptors (Lipinski definition) is 2. The molecule has 0 aliphatic carbocycles. The Hall–Kier alpha value is -1.45. The highest BCUT2D eigenvalue weighted by Gasteiger charge is 2.09. The average molecular weight is 320 g/mol. The van der Waals surface area contributed by atoms with Crippen LogP contribution in [-0.4, -0.2) is 23.6 Å². The number of halogens is 1. The van der Waals surface area contributed by atoms with E-state index in [-0.39, 0.29) is 5.91 Å². The largest absolute Gasteiger partial charge is 0.341 e. The highest BCUT2D eigenvalue weighted by molar-refractivity contribution is 7.99. The minimum atomic E-state index is 0.144. The molecule has 0 radical (unpaired) electrons. The third-order valence-electron chi connectivity index (χ3n) is 3.10. The van der Waals surface area contributed by atoms with Gasteiger partial charge >= 0.3 is 0 Å². The first-order valence-electron chi connectivity index (χ1n) is 6.75. The van der Waals surface area contributed by atoms with Gasteiger partial charge in [-0.15, -0.1) is 11.8 Å². The summed E-state index contributed by atoms with van der Waals surface area (Å²) in [4.78, 5) is 13.8. The Kier molecular flexibility index (Phi) is 6.15. The zero-order chi connectivity index (χ0) is 15.1. The van der Waals surface area contributed by atoms with E-state index < -0.39 is 0 Å². The van der Waals surface area contributed by atoms with E-state index in [1.54, 1.807) is 16.7 Å². The molecule has 0 aliphatic rings. The molecule has 2 aromatic carbocycles. The second-order valence-corrected chi connectivity index (χ2v) is 6.28. The summed E-state index contributed by atoms with van der Waals surface area (Å²) in [5.74, 6) is 1.51. The maximum Gasteiger partial charge on any atom is 0.232 e. The van der Waals surface area contributed by atoms with Gasteiger partial charge in [-0.1, -0.05) is 54.1 Å². The summed E-state index contributed by atoms with van der Waals surface area (Å²) in [5.41, 5.74) is 2.33. The molecule has 1 amide bonds. The van der Waals surface area contributed by atoms with Gasteiger partial charge in [-0.05, 0) is 23.3 Å². The summed E-state index contributed by atoms with van der Waals surface area (Å²) in [5, 5.41) is 0.714. The van der Waals surface area contributed by atoms with E-state index in [1.165, 1.54) is 5.56 Å². The number of nitrogens with zero attached hydrogens (tertiary/aromatic N) is 1. The van der Waals surface area contributed by atoms with Crippen molar-refractivity contribution in [3.8, 4) is 0 Å². The van der Waals surface area contributed by atoms with Crippen molar-refractivity contribution in [3.05, 3.63) is 70.7 Å². The lowest BCUT2D eigenvalue weighted by Crippen LogP contribution is -2.27. The first-order chi connectivity index (χ1) is 10.1. The van der Waals surface area contributed by atoms with Gasteiger partial charge in [0.05, 0.1) is 5.75 Å². The van der Waals surface area contributed by atoms with Crippen LogP contribution in [0.25, 0.3) is 0 Å². The van der Waals surface area contributed by atoms with E-state index in [0.717, 1.165) is 11.3 Å². The summed E-state index contributed by atoms with van der Waals surface area (Å²) in [6.07, 6.45) is 0. The topological polar surface area (TPSA) is 20.3 Å². The monoisotopic (exact) mass is 319 g/mol. The van der Waals surface area contributed by atoms with Gasteiger partial charge in [0.1, 0.15) is 0 Å². The van der Waals surface area contributed by atoms with Gasteiger partial charge in [0.2, 0.25) is 5.91 Å². The Morgan fingerprint density at radius 3 is 2.38 bits per heavy atom. The molecular weight excluding hydrogens is 302 g/mol. The van der Waals surface area contributed by atoms with Crippen LogP contribution in [0.3, 0.4) is 0 Å². The van der Waals surface area contributed by atoms with Crippen molar-refractivity contribution in [2.75, 3.05) is 12.8 Å². The van der Waals surface area contributed by atoms with E-state index in [2.05, 4.69) is 12.1 Å². The first kappa shape index (κ1) is 15.9. The van der Waals surface area contributed by atoms with Crippen molar-refractivity contribution >= 4 is 29.3 Å². The Morgan fingerprint density at radius 1 is 1.05 bits per heavy atom. The summed E-state index contributed by atoms with van der Waals surface area (Å²) < 4.78 is 0. The molecule has 4 heteroatoms. The van der Waals surface area contributed by atoms with Crippen LogP contribution in [0.4, 0.5) is 0 Å². The molecule has 0 N–H and O–H groups in total. The lowest BCUT2D eigenvalue weighted by atomic mass is 10.2. The molecule has 2 rings (SSSR count). The van der Waals surface area contributed by atoms with Crippen molar-refractivity contribution in [2.45, 2.75) is 12.3 Å². The Bertz CT molecular complexity index is 571. The predicted octanol–water partition coefficient (Wildman–Crippen LogP) is 4.23. The van der Waals surface area contributed by atoms with Crippen molar-refractivity contribution in [2.24, 2.45) is 0 Å². The number of rotatable bonds is 6. The molecule has 0 bridgehead atoms. The minimum absolute atomic E-state index is 0.144. The van der Waals surface area contributed by atoms with E-state index in [4.69, 9.17) is 11.6 Å². The Balaban J connectivity index is 1.76. The number of carbonyl (C=O) groups excluding carboxylic acids is 1. The quantitative estimate of drug-likeness (QED) is 0.794. The summed E-state index contributed by atoms with van der Waals surface area (Å²) in [6, 6.07) is 17.8. The van der Waals surface area contributed by atoms with Crippen LogP contribution in [0.15, 0.2) is 54.6 Å². The SMILES string of the molecule is CN(Cc1ccc(Cl)cc1)C(=O)CSCc1ccccc1. The molecule has 0 saturated carbocycles. The molecule has 0 unspecified atom stereocenters. The summed E-state index contributed by atoms with van der Waals surface area (Å²) in [7, 11) is 1.83. The van der Waals surface area contributed by atoms with Crippen molar-refractivity contribution < 1.29 is 4.79 Å². The number of carbonyl (C=O) groups is 1. The van der Waals surface area contributed by atoms with Gasteiger partial charge in [-0.25, -0.2) is 0 Å². The summed E-state index contributed by atoms with van der Waals surface area (Å²) in [6.45, 7) is 0.613. The highest BCUT2D eigenvalue weighted by Crippen LogP contribution is 2.14. The fourth-order valence-corrected chi connectivity index (χ4v) is 2.94. The number of amides is 1. The zero-order valence-corrected chi connectivity index (χ0v) is 13.5. The van der Waals surface area contributed by atoms with Gasteiger partial charge in [0.15, 0.2) is 0 Å². The first-order valence-corrected chi connectivity index (χ1v) is 8.28. The van der Waals surface area contributed by atoms with E-state index in [1.807, 2.05) is 49.5 Å². The van der Waals surface area contributed by atoms with Crippen LogP contribution < -0.4 is 0 Å². The fourth-order valence-electron chi connectivity index (χ4n) is 1.89. The maximum absolute atomic E-state index is 12.1. The van der Waals surface area contributed by atoms with Crippen LogP contribution >= 0.6 is 23.4 Å². The molecule has 0 fully saturated rings. The number of benzene rings is 2. The lowest BCUT2D eigenvalue weighted by Gasteiger charge is -2.17. The standard InChI is InChI=1S/C17H18ClNOS/c1-19(11-14-7-9-16(18)10-8-14)17(20)13-21-12-15-5-3-2-4-6-15/h2-10H,11-13H2,1H3. The molecule has 2 nitrogen and oxygen atoms in total. The normalized spacial score (nSPS) is 10.4. The van der Waals surface area contributed by atoms with Crippen LogP contribution in [-0.2, 0) is 17.1 Å². The van der Waals surface area contributed by atoms with Crippen molar-refractivity contribution in [3.63, 3.8) is 0 Å². The molecule has 0 atom stereocenters. The zero-order valence-electron chi connectivity index (χ0n) is 12.0. The van der Waals surface area contributed by atoms with Gasteiger partial charge in [0.25, 0.3) is 0 Å².